The van der Waals surface area contributed by atoms with Gasteiger partial charge in [-0.25, -0.2) is 9.37 Å². The Balaban J connectivity index is 1.76. The van der Waals surface area contributed by atoms with E-state index in [0.29, 0.717) is 11.4 Å². The molecule has 1 atom stereocenters. The summed E-state index contributed by atoms with van der Waals surface area (Å²) in [4.78, 5) is 30.5. The van der Waals surface area contributed by atoms with Gasteiger partial charge in [0, 0.05) is 18.1 Å². The van der Waals surface area contributed by atoms with Crippen LogP contribution in [0.15, 0.2) is 59.4 Å². The number of aromatic amines is 1. The average Bonchev–Trinajstić information content (AvgIpc) is 2.61. The van der Waals surface area contributed by atoms with Crippen molar-refractivity contribution in [1.29, 1.82) is 0 Å². The van der Waals surface area contributed by atoms with Gasteiger partial charge in [0.2, 0.25) is 0 Å². The van der Waals surface area contributed by atoms with Crippen molar-refractivity contribution in [2.45, 2.75) is 26.2 Å². The molecule has 0 saturated carbocycles. The van der Waals surface area contributed by atoms with Crippen molar-refractivity contribution in [2.24, 2.45) is 0 Å². The van der Waals surface area contributed by atoms with Crippen LogP contribution in [0.4, 0.5) is 4.39 Å². The fourth-order valence-corrected chi connectivity index (χ4v) is 2.91. The van der Waals surface area contributed by atoms with Gasteiger partial charge in [0.15, 0.2) is 5.78 Å². The van der Waals surface area contributed by atoms with Crippen LogP contribution in [0.5, 0.6) is 0 Å². The second-order valence-electron chi connectivity index (χ2n) is 6.35. The third-order valence-corrected chi connectivity index (χ3v) is 4.30. The van der Waals surface area contributed by atoms with Crippen molar-refractivity contribution in [3.05, 3.63) is 87.9 Å². The van der Waals surface area contributed by atoms with Gasteiger partial charge in [-0.15, -0.1) is 0 Å². The Kier molecular flexibility index (Phi) is 5.07. The lowest BCUT2D eigenvalue weighted by molar-refractivity contribution is 0.0970. The molecular formula is C21H19FN2O2. The van der Waals surface area contributed by atoms with Crippen LogP contribution < -0.4 is 5.56 Å². The minimum Gasteiger partial charge on any atom is -0.311 e. The third kappa shape index (κ3) is 3.94. The standard InChI is InChI=1S/C21H19FN2O2/c1-13(11-20(25)19-12-21(26)24-14(2)23-19)15-7-9-16(10-8-15)17-5-3-4-6-18(17)22/h3-10,12-13H,11H2,1-2H3,(H,23,24,26)/t13-/m0/s1. The molecular weight excluding hydrogens is 331 g/mol. The van der Waals surface area contributed by atoms with Gasteiger partial charge in [-0.3, -0.25) is 9.59 Å². The Morgan fingerprint density at radius 1 is 1.15 bits per heavy atom. The molecule has 0 aliphatic carbocycles. The van der Waals surface area contributed by atoms with Crippen LogP contribution in [0.2, 0.25) is 0 Å². The van der Waals surface area contributed by atoms with Crippen LogP contribution in [-0.2, 0) is 0 Å². The van der Waals surface area contributed by atoms with E-state index in [2.05, 4.69) is 9.97 Å². The maximum atomic E-state index is 13.9. The molecule has 0 spiro atoms. The lowest BCUT2D eigenvalue weighted by Crippen LogP contribution is -2.15. The summed E-state index contributed by atoms with van der Waals surface area (Å²) in [6.45, 7) is 3.58. The number of halogens is 1. The van der Waals surface area contributed by atoms with Crippen LogP contribution in [0.25, 0.3) is 11.1 Å². The highest BCUT2D eigenvalue weighted by Crippen LogP contribution is 2.26. The molecule has 2 aromatic carbocycles. The van der Waals surface area contributed by atoms with E-state index in [1.807, 2.05) is 31.2 Å². The molecule has 0 fully saturated rings. The summed E-state index contributed by atoms with van der Waals surface area (Å²) < 4.78 is 13.9. The first-order valence-corrected chi connectivity index (χ1v) is 8.40. The van der Waals surface area contributed by atoms with Gasteiger partial charge >= 0.3 is 0 Å². The second kappa shape index (κ2) is 7.44. The fraction of sp³-hybridized carbons (Fsp3) is 0.190. The highest BCUT2D eigenvalue weighted by molar-refractivity contribution is 5.94. The van der Waals surface area contributed by atoms with Crippen molar-refractivity contribution in [1.82, 2.24) is 9.97 Å². The quantitative estimate of drug-likeness (QED) is 0.699. The molecule has 1 aromatic heterocycles. The molecule has 1 heterocycles. The molecule has 4 nitrogen and oxygen atoms in total. The summed E-state index contributed by atoms with van der Waals surface area (Å²) in [6.07, 6.45) is 0.245. The zero-order valence-corrected chi connectivity index (χ0v) is 14.6. The van der Waals surface area contributed by atoms with Gasteiger partial charge in [-0.05, 0) is 30.0 Å². The zero-order chi connectivity index (χ0) is 18.7. The molecule has 0 aliphatic heterocycles. The van der Waals surface area contributed by atoms with E-state index in [-0.39, 0.29) is 35.2 Å². The Hall–Kier alpha value is -3.08. The van der Waals surface area contributed by atoms with Crippen LogP contribution in [0.3, 0.4) is 0 Å². The first-order chi connectivity index (χ1) is 12.4. The van der Waals surface area contributed by atoms with Gasteiger partial charge < -0.3 is 4.98 Å². The second-order valence-corrected chi connectivity index (χ2v) is 6.35. The minimum atomic E-state index is -0.331. The van der Waals surface area contributed by atoms with E-state index in [0.717, 1.165) is 11.1 Å². The lowest BCUT2D eigenvalue weighted by atomic mass is 9.93. The van der Waals surface area contributed by atoms with Gasteiger partial charge in [-0.2, -0.15) is 0 Å². The summed E-state index contributed by atoms with van der Waals surface area (Å²) in [5.74, 6) is -0.0644. The first kappa shape index (κ1) is 17.7. The van der Waals surface area contributed by atoms with Crippen LogP contribution in [0.1, 0.15) is 41.1 Å². The number of H-pyrrole nitrogens is 1. The predicted molar refractivity (Wildman–Crippen MR) is 98.8 cm³/mol. The number of ketones is 1. The van der Waals surface area contributed by atoms with E-state index in [9.17, 15) is 14.0 Å². The van der Waals surface area contributed by atoms with Crippen molar-refractivity contribution in [3.63, 3.8) is 0 Å². The highest BCUT2D eigenvalue weighted by atomic mass is 19.1. The normalized spacial score (nSPS) is 12.0. The smallest absolute Gasteiger partial charge is 0.251 e. The molecule has 0 radical (unpaired) electrons. The van der Waals surface area contributed by atoms with Gasteiger partial charge in [0.1, 0.15) is 17.3 Å². The summed E-state index contributed by atoms with van der Waals surface area (Å²) in [7, 11) is 0. The fourth-order valence-electron chi connectivity index (χ4n) is 2.91. The molecule has 5 heteroatoms. The summed E-state index contributed by atoms with van der Waals surface area (Å²) in [5.41, 5.74) is 2.16. The lowest BCUT2D eigenvalue weighted by Gasteiger charge is -2.12. The van der Waals surface area contributed by atoms with Gasteiger partial charge in [0.05, 0.1) is 0 Å². The van der Waals surface area contributed by atoms with Crippen LogP contribution >= 0.6 is 0 Å². The van der Waals surface area contributed by atoms with E-state index in [1.165, 1.54) is 12.1 Å². The molecule has 1 N–H and O–H groups in total. The maximum Gasteiger partial charge on any atom is 0.251 e. The van der Waals surface area contributed by atoms with E-state index in [4.69, 9.17) is 0 Å². The van der Waals surface area contributed by atoms with E-state index in [1.54, 1.807) is 25.1 Å². The monoisotopic (exact) mass is 350 g/mol. The number of Topliss-reactive ketones (excluding diaryl/α,β-unsaturated/α-hetero) is 1. The molecule has 0 aliphatic rings. The molecule has 3 aromatic rings. The summed E-state index contributed by atoms with van der Waals surface area (Å²) >= 11 is 0. The first-order valence-electron chi connectivity index (χ1n) is 8.40. The topological polar surface area (TPSA) is 62.8 Å². The van der Waals surface area contributed by atoms with Crippen molar-refractivity contribution in [2.75, 3.05) is 0 Å². The Morgan fingerprint density at radius 3 is 2.50 bits per heavy atom. The van der Waals surface area contributed by atoms with Crippen LogP contribution in [0, 0.1) is 12.7 Å². The molecule has 0 amide bonds. The maximum absolute atomic E-state index is 13.9. The molecule has 3 rings (SSSR count). The van der Waals surface area contributed by atoms with Crippen molar-refractivity contribution in [3.8, 4) is 11.1 Å². The number of aromatic nitrogens is 2. The summed E-state index contributed by atoms with van der Waals surface area (Å²) in [5, 5.41) is 0. The number of nitrogens with one attached hydrogen (secondary N) is 1. The number of benzene rings is 2. The average molecular weight is 350 g/mol. The van der Waals surface area contributed by atoms with Crippen LogP contribution in [-0.4, -0.2) is 15.8 Å². The number of aryl methyl sites for hydroxylation is 1. The predicted octanol–water partition coefficient (Wildman–Crippen LogP) is 4.26. The zero-order valence-electron chi connectivity index (χ0n) is 14.6. The van der Waals surface area contributed by atoms with E-state index < -0.39 is 0 Å². The third-order valence-electron chi connectivity index (χ3n) is 4.30. The Bertz CT molecular complexity index is 993. The number of rotatable bonds is 5. The minimum absolute atomic E-state index is 0.0430. The largest absolute Gasteiger partial charge is 0.311 e. The number of nitrogens with zero attached hydrogens (tertiary/aromatic N) is 1. The number of hydrogen-bond donors (Lipinski definition) is 1. The Morgan fingerprint density at radius 2 is 1.85 bits per heavy atom. The van der Waals surface area contributed by atoms with E-state index >= 15 is 0 Å². The number of carbonyl (C=O) groups excluding carboxylic acids is 1. The van der Waals surface area contributed by atoms with Gasteiger partial charge in [-0.1, -0.05) is 49.4 Å². The molecule has 26 heavy (non-hydrogen) atoms. The Labute approximate surface area is 150 Å². The van der Waals surface area contributed by atoms with Crippen molar-refractivity contribution < 1.29 is 9.18 Å². The van der Waals surface area contributed by atoms with Gasteiger partial charge in [0.25, 0.3) is 5.56 Å². The molecule has 0 saturated heterocycles. The molecule has 0 unspecified atom stereocenters. The summed E-state index contributed by atoms with van der Waals surface area (Å²) in [6, 6.07) is 15.3. The number of hydrogen-bond acceptors (Lipinski definition) is 3. The molecule has 0 bridgehead atoms. The number of carbonyl (C=O) groups is 1. The molecule has 132 valence electrons. The highest BCUT2D eigenvalue weighted by Gasteiger charge is 2.15. The van der Waals surface area contributed by atoms with Crippen molar-refractivity contribution >= 4 is 5.78 Å². The SMILES string of the molecule is Cc1nc(C(=O)C[C@H](C)c2ccc(-c3ccccc3F)cc2)cc(=O)[nH]1.